The number of hydrogen-bond acceptors (Lipinski definition) is 6. The summed E-state index contributed by atoms with van der Waals surface area (Å²) in [6.07, 6.45) is 0.770. The number of rotatable bonds is 5. The van der Waals surface area contributed by atoms with Crippen molar-refractivity contribution in [3.63, 3.8) is 0 Å². The van der Waals surface area contributed by atoms with Crippen LogP contribution < -0.4 is 10.1 Å². The SMILES string of the molecule is CCOc1ccc(C(=O)Nc2sc3c(c2C(=O)OC)CCN(C)C3)cc1. The molecule has 0 atom stereocenters. The molecule has 0 unspecified atom stereocenters. The minimum atomic E-state index is -0.408. The van der Waals surface area contributed by atoms with Crippen LogP contribution in [0.2, 0.25) is 0 Å². The zero-order valence-corrected chi connectivity index (χ0v) is 15.9. The molecule has 3 rings (SSSR count). The molecule has 1 aliphatic heterocycles. The molecule has 0 fully saturated rings. The molecular formula is C19H22N2O4S. The van der Waals surface area contributed by atoms with Gasteiger partial charge in [-0.3, -0.25) is 4.79 Å². The van der Waals surface area contributed by atoms with Crippen molar-refractivity contribution in [1.82, 2.24) is 4.90 Å². The Balaban J connectivity index is 1.86. The number of nitrogens with one attached hydrogen (secondary N) is 1. The van der Waals surface area contributed by atoms with Gasteiger partial charge in [0.1, 0.15) is 10.8 Å². The Labute approximate surface area is 156 Å². The van der Waals surface area contributed by atoms with Crippen LogP contribution in [0.5, 0.6) is 5.75 Å². The number of anilines is 1. The lowest BCUT2D eigenvalue weighted by Crippen LogP contribution is -2.26. The first-order valence-corrected chi connectivity index (χ1v) is 9.30. The van der Waals surface area contributed by atoms with Crippen molar-refractivity contribution in [2.45, 2.75) is 19.9 Å². The normalized spacial score (nSPS) is 13.8. The van der Waals surface area contributed by atoms with Gasteiger partial charge in [0.2, 0.25) is 0 Å². The van der Waals surface area contributed by atoms with Crippen LogP contribution in [0.4, 0.5) is 5.00 Å². The molecule has 1 aromatic carbocycles. The smallest absolute Gasteiger partial charge is 0.341 e. The van der Waals surface area contributed by atoms with Crippen molar-refractivity contribution in [2.24, 2.45) is 0 Å². The Bertz CT molecular complexity index is 814. The number of ether oxygens (including phenoxy) is 2. The number of carbonyl (C=O) groups is 2. The number of carbonyl (C=O) groups excluding carboxylic acids is 2. The first-order chi connectivity index (χ1) is 12.5. The number of thiophene rings is 1. The van der Waals surface area contributed by atoms with Crippen molar-refractivity contribution in [3.05, 3.63) is 45.8 Å². The van der Waals surface area contributed by atoms with Crippen LogP contribution in [0.25, 0.3) is 0 Å². The van der Waals surface area contributed by atoms with Gasteiger partial charge in [-0.05, 0) is 50.2 Å². The molecule has 138 valence electrons. The van der Waals surface area contributed by atoms with E-state index in [0.717, 1.165) is 30.0 Å². The number of fused-ring (bicyclic) bond motifs is 1. The van der Waals surface area contributed by atoms with E-state index in [0.29, 0.717) is 28.5 Å². The first kappa shape index (κ1) is 18.4. The second-order valence-electron chi connectivity index (χ2n) is 6.10. The zero-order chi connectivity index (χ0) is 18.7. The summed E-state index contributed by atoms with van der Waals surface area (Å²) in [5, 5.41) is 3.44. The topological polar surface area (TPSA) is 67.9 Å². The van der Waals surface area contributed by atoms with E-state index in [-0.39, 0.29) is 5.91 Å². The lowest BCUT2D eigenvalue weighted by Gasteiger charge is -2.22. The fourth-order valence-corrected chi connectivity index (χ4v) is 4.29. The Morgan fingerprint density at radius 2 is 2.00 bits per heavy atom. The summed E-state index contributed by atoms with van der Waals surface area (Å²) in [6.45, 7) is 4.12. The average molecular weight is 374 g/mol. The molecule has 0 aliphatic carbocycles. The number of amides is 1. The summed E-state index contributed by atoms with van der Waals surface area (Å²) in [5.41, 5.74) is 1.98. The third-order valence-electron chi connectivity index (χ3n) is 4.29. The van der Waals surface area contributed by atoms with E-state index in [9.17, 15) is 9.59 Å². The van der Waals surface area contributed by atoms with Crippen molar-refractivity contribution in [1.29, 1.82) is 0 Å². The molecule has 0 saturated heterocycles. The van der Waals surface area contributed by atoms with E-state index in [1.165, 1.54) is 18.4 Å². The van der Waals surface area contributed by atoms with Gasteiger partial charge >= 0.3 is 5.97 Å². The first-order valence-electron chi connectivity index (χ1n) is 8.49. The van der Waals surface area contributed by atoms with Gasteiger partial charge in [-0.2, -0.15) is 0 Å². The number of likely N-dealkylation sites (N-methyl/N-ethyl adjacent to an activating group) is 1. The van der Waals surface area contributed by atoms with Crippen LogP contribution in [-0.2, 0) is 17.7 Å². The van der Waals surface area contributed by atoms with Crippen LogP contribution in [0.15, 0.2) is 24.3 Å². The predicted octanol–water partition coefficient (Wildman–Crippen LogP) is 3.17. The van der Waals surface area contributed by atoms with Crippen LogP contribution in [0.1, 0.15) is 38.1 Å². The second-order valence-corrected chi connectivity index (χ2v) is 7.20. The highest BCUT2D eigenvalue weighted by Crippen LogP contribution is 2.37. The highest BCUT2D eigenvalue weighted by atomic mass is 32.1. The molecule has 6 nitrogen and oxygen atoms in total. The standard InChI is InChI=1S/C19H22N2O4S/c1-4-25-13-7-5-12(6-8-13)17(22)20-18-16(19(23)24-3)14-9-10-21(2)11-15(14)26-18/h5-8H,4,9-11H2,1-3H3,(H,20,22). The van der Waals surface area contributed by atoms with Gasteiger partial charge in [0.05, 0.1) is 19.3 Å². The van der Waals surface area contributed by atoms with Crippen LogP contribution in [0.3, 0.4) is 0 Å². The van der Waals surface area contributed by atoms with Crippen LogP contribution in [-0.4, -0.2) is 44.1 Å². The molecule has 26 heavy (non-hydrogen) atoms. The third-order valence-corrected chi connectivity index (χ3v) is 5.42. The molecule has 0 saturated carbocycles. The van der Waals surface area contributed by atoms with Gasteiger partial charge in [-0.25, -0.2) is 4.79 Å². The maximum absolute atomic E-state index is 12.6. The molecule has 1 amide bonds. The minimum Gasteiger partial charge on any atom is -0.494 e. The number of methoxy groups -OCH3 is 1. The minimum absolute atomic E-state index is 0.259. The summed E-state index contributed by atoms with van der Waals surface area (Å²) in [4.78, 5) is 28.2. The summed E-state index contributed by atoms with van der Waals surface area (Å²) < 4.78 is 10.3. The molecule has 0 spiro atoms. The van der Waals surface area contributed by atoms with Gasteiger partial charge in [0.25, 0.3) is 5.91 Å². The maximum atomic E-state index is 12.6. The molecule has 0 bridgehead atoms. The number of esters is 1. The van der Waals surface area contributed by atoms with Gasteiger partial charge in [-0.15, -0.1) is 11.3 Å². The summed E-state index contributed by atoms with van der Waals surface area (Å²) in [6, 6.07) is 6.93. The van der Waals surface area contributed by atoms with Gasteiger partial charge in [0.15, 0.2) is 0 Å². The Kier molecular flexibility index (Phi) is 5.58. The zero-order valence-electron chi connectivity index (χ0n) is 15.1. The van der Waals surface area contributed by atoms with Gasteiger partial charge in [0, 0.05) is 23.5 Å². The summed E-state index contributed by atoms with van der Waals surface area (Å²) in [7, 11) is 3.40. The van der Waals surface area contributed by atoms with Gasteiger partial charge in [-0.1, -0.05) is 0 Å². The van der Waals surface area contributed by atoms with Crippen LogP contribution in [0, 0.1) is 0 Å². The highest BCUT2D eigenvalue weighted by molar-refractivity contribution is 7.17. The fourth-order valence-electron chi connectivity index (χ4n) is 2.98. The van der Waals surface area contributed by atoms with E-state index in [1.807, 2.05) is 14.0 Å². The van der Waals surface area contributed by atoms with Gasteiger partial charge < -0.3 is 19.7 Å². The van der Waals surface area contributed by atoms with E-state index in [2.05, 4.69) is 10.2 Å². The number of nitrogens with zero attached hydrogens (tertiary/aromatic N) is 1. The molecule has 1 aliphatic rings. The molecule has 1 aromatic heterocycles. The number of benzene rings is 1. The van der Waals surface area contributed by atoms with E-state index >= 15 is 0 Å². The Morgan fingerprint density at radius 1 is 1.27 bits per heavy atom. The van der Waals surface area contributed by atoms with Crippen molar-refractivity contribution >= 4 is 28.2 Å². The lowest BCUT2D eigenvalue weighted by atomic mass is 10.0. The monoisotopic (exact) mass is 374 g/mol. The lowest BCUT2D eigenvalue weighted by molar-refractivity contribution is 0.0600. The van der Waals surface area contributed by atoms with Crippen molar-refractivity contribution in [3.8, 4) is 5.75 Å². The third kappa shape index (κ3) is 3.73. The fraction of sp³-hybridized carbons (Fsp3) is 0.368. The molecule has 2 aromatic rings. The maximum Gasteiger partial charge on any atom is 0.341 e. The van der Waals surface area contributed by atoms with Crippen LogP contribution >= 0.6 is 11.3 Å². The number of hydrogen-bond donors (Lipinski definition) is 1. The molecule has 0 radical (unpaired) electrons. The molecule has 7 heteroatoms. The summed E-state index contributed by atoms with van der Waals surface area (Å²) in [5.74, 6) is 0.0492. The Morgan fingerprint density at radius 3 is 2.65 bits per heavy atom. The highest BCUT2D eigenvalue weighted by Gasteiger charge is 2.28. The van der Waals surface area contributed by atoms with Crippen molar-refractivity contribution < 1.29 is 19.1 Å². The second kappa shape index (κ2) is 7.88. The molecular weight excluding hydrogens is 352 g/mol. The van der Waals surface area contributed by atoms with E-state index in [4.69, 9.17) is 9.47 Å². The predicted molar refractivity (Wildman–Crippen MR) is 101 cm³/mol. The van der Waals surface area contributed by atoms with Crippen molar-refractivity contribution in [2.75, 3.05) is 32.6 Å². The quantitative estimate of drug-likeness (QED) is 0.814. The van der Waals surface area contributed by atoms with E-state index in [1.54, 1.807) is 24.3 Å². The summed E-state index contributed by atoms with van der Waals surface area (Å²) >= 11 is 1.44. The molecule has 1 N–H and O–H groups in total. The average Bonchev–Trinajstić information content (AvgIpc) is 2.98. The largest absolute Gasteiger partial charge is 0.494 e. The van der Waals surface area contributed by atoms with E-state index < -0.39 is 5.97 Å². The Hall–Kier alpha value is -2.38. The molecule has 2 heterocycles.